The Bertz CT molecular complexity index is 569. The number of quaternary nitrogens is 1. The van der Waals surface area contributed by atoms with Gasteiger partial charge >= 0.3 is 0 Å². The molecule has 1 heterocycles. The van der Waals surface area contributed by atoms with Crippen molar-refractivity contribution in [2.45, 2.75) is 44.4 Å². The van der Waals surface area contributed by atoms with E-state index in [9.17, 15) is 5.11 Å². The fourth-order valence-corrected chi connectivity index (χ4v) is 3.83. The molecule has 2 aromatic carbocycles. The number of piperidine rings is 1. The molecule has 22 heavy (non-hydrogen) atoms. The van der Waals surface area contributed by atoms with Crippen LogP contribution in [0.5, 0.6) is 0 Å². The molecule has 116 valence electrons. The first kappa shape index (κ1) is 15.3. The van der Waals surface area contributed by atoms with Crippen LogP contribution in [0.25, 0.3) is 0 Å². The topological polar surface area (TPSA) is 36.8 Å². The van der Waals surface area contributed by atoms with Crippen LogP contribution in [0, 0.1) is 5.92 Å². The van der Waals surface area contributed by atoms with E-state index in [1.807, 2.05) is 0 Å². The van der Waals surface area contributed by atoms with Crippen LogP contribution in [-0.4, -0.2) is 11.2 Å². The van der Waals surface area contributed by atoms with Crippen LogP contribution < -0.4 is 5.32 Å². The fraction of sp³-hybridized carbons (Fsp3) is 0.400. The van der Waals surface area contributed by atoms with Crippen molar-refractivity contribution in [3.05, 3.63) is 71.8 Å². The van der Waals surface area contributed by atoms with Gasteiger partial charge in [0.05, 0.1) is 6.10 Å². The molecule has 0 saturated carbocycles. The minimum absolute atomic E-state index is 0.222. The number of hydrogen-bond donors (Lipinski definition) is 2. The Morgan fingerprint density at radius 1 is 0.955 bits per heavy atom. The van der Waals surface area contributed by atoms with Crippen molar-refractivity contribution in [2.24, 2.45) is 5.92 Å². The minimum atomic E-state index is -0.222. The molecule has 2 heteroatoms. The number of aliphatic hydroxyl groups is 1. The molecule has 3 N–H and O–H groups in total. The molecule has 2 aromatic rings. The SMILES string of the molecule is CCC[C@H]1[C@@H](c2ccccc2)[NH2+][C@@H](c2ccccc2)C[C@@H]1O. The van der Waals surface area contributed by atoms with Gasteiger partial charge < -0.3 is 10.4 Å². The number of aliphatic hydroxyl groups excluding tert-OH is 1. The maximum Gasteiger partial charge on any atom is 0.117 e. The molecule has 0 radical (unpaired) electrons. The Hall–Kier alpha value is -1.64. The van der Waals surface area contributed by atoms with Gasteiger partial charge in [-0.05, 0) is 6.42 Å². The van der Waals surface area contributed by atoms with E-state index in [1.165, 1.54) is 11.1 Å². The van der Waals surface area contributed by atoms with Crippen LogP contribution in [0.2, 0.25) is 0 Å². The summed E-state index contributed by atoms with van der Waals surface area (Å²) < 4.78 is 0. The average Bonchev–Trinajstić information content (AvgIpc) is 2.58. The van der Waals surface area contributed by atoms with E-state index in [0.29, 0.717) is 18.0 Å². The highest BCUT2D eigenvalue weighted by atomic mass is 16.3. The smallest absolute Gasteiger partial charge is 0.117 e. The van der Waals surface area contributed by atoms with E-state index in [4.69, 9.17) is 0 Å². The minimum Gasteiger partial charge on any atom is -0.392 e. The molecule has 0 aromatic heterocycles. The summed E-state index contributed by atoms with van der Waals surface area (Å²) in [5, 5.41) is 13.2. The van der Waals surface area contributed by atoms with E-state index in [0.717, 1.165) is 19.3 Å². The third kappa shape index (κ3) is 3.23. The van der Waals surface area contributed by atoms with Gasteiger partial charge in [-0.1, -0.05) is 74.0 Å². The zero-order valence-electron chi connectivity index (χ0n) is 13.2. The standard InChI is InChI=1S/C20H25NO/c1-2-9-17-19(22)14-18(15-10-5-3-6-11-15)21-20(17)16-12-7-4-8-13-16/h3-8,10-13,17-22H,2,9,14H2,1H3/p+1/t17-,18-,19+,20-/m1/s1. The molecule has 0 spiro atoms. The maximum absolute atomic E-state index is 10.7. The lowest BCUT2D eigenvalue weighted by Gasteiger charge is -2.38. The highest BCUT2D eigenvalue weighted by Gasteiger charge is 2.40. The number of hydrogen-bond acceptors (Lipinski definition) is 1. The van der Waals surface area contributed by atoms with Crippen LogP contribution in [0.3, 0.4) is 0 Å². The summed E-state index contributed by atoms with van der Waals surface area (Å²) in [6.45, 7) is 2.21. The summed E-state index contributed by atoms with van der Waals surface area (Å²) in [5.41, 5.74) is 2.65. The molecule has 1 fully saturated rings. The van der Waals surface area contributed by atoms with Gasteiger partial charge in [0.15, 0.2) is 0 Å². The molecule has 1 saturated heterocycles. The van der Waals surface area contributed by atoms with Crippen molar-refractivity contribution in [1.29, 1.82) is 0 Å². The van der Waals surface area contributed by atoms with Crippen LogP contribution in [0.4, 0.5) is 0 Å². The summed E-state index contributed by atoms with van der Waals surface area (Å²) >= 11 is 0. The summed E-state index contributed by atoms with van der Waals surface area (Å²) in [6, 6.07) is 21.9. The zero-order valence-corrected chi connectivity index (χ0v) is 13.2. The largest absolute Gasteiger partial charge is 0.392 e. The Balaban J connectivity index is 1.88. The van der Waals surface area contributed by atoms with E-state index in [2.05, 4.69) is 72.9 Å². The van der Waals surface area contributed by atoms with E-state index >= 15 is 0 Å². The van der Waals surface area contributed by atoms with Crippen molar-refractivity contribution in [1.82, 2.24) is 0 Å². The Morgan fingerprint density at radius 2 is 1.55 bits per heavy atom. The summed E-state index contributed by atoms with van der Waals surface area (Å²) in [6.07, 6.45) is 2.83. The number of benzene rings is 2. The quantitative estimate of drug-likeness (QED) is 0.893. The van der Waals surface area contributed by atoms with Crippen LogP contribution in [0.1, 0.15) is 49.4 Å². The fourth-order valence-electron chi connectivity index (χ4n) is 3.83. The second-order valence-corrected chi connectivity index (χ2v) is 6.40. The van der Waals surface area contributed by atoms with E-state index < -0.39 is 0 Å². The lowest BCUT2D eigenvalue weighted by atomic mass is 9.78. The third-order valence-corrected chi connectivity index (χ3v) is 4.92. The maximum atomic E-state index is 10.7. The molecule has 4 atom stereocenters. The van der Waals surface area contributed by atoms with E-state index in [1.54, 1.807) is 0 Å². The number of rotatable bonds is 4. The molecule has 0 unspecified atom stereocenters. The first-order chi connectivity index (χ1) is 10.8. The molecule has 2 nitrogen and oxygen atoms in total. The molecule has 1 aliphatic rings. The predicted molar refractivity (Wildman–Crippen MR) is 89.3 cm³/mol. The molecular formula is C20H26NO+. The van der Waals surface area contributed by atoms with Gasteiger partial charge in [-0.3, -0.25) is 0 Å². The lowest BCUT2D eigenvalue weighted by molar-refractivity contribution is -0.753. The molecule has 1 aliphatic heterocycles. The van der Waals surface area contributed by atoms with Crippen LogP contribution in [0.15, 0.2) is 60.7 Å². The normalized spacial score (nSPS) is 28.5. The zero-order chi connectivity index (χ0) is 15.4. The van der Waals surface area contributed by atoms with Gasteiger partial charge in [-0.25, -0.2) is 0 Å². The Morgan fingerprint density at radius 3 is 2.14 bits per heavy atom. The van der Waals surface area contributed by atoms with Gasteiger partial charge in [0.2, 0.25) is 0 Å². The molecule has 0 amide bonds. The Labute approximate surface area is 133 Å². The first-order valence-electron chi connectivity index (χ1n) is 8.42. The van der Waals surface area contributed by atoms with Gasteiger partial charge in [-0.15, -0.1) is 0 Å². The third-order valence-electron chi connectivity index (χ3n) is 4.92. The highest BCUT2D eigenvalue weighted by Crippen LogP contribution is 2.34. The van der Waals surface area contributed by atoms with Crippen molar-refractivity contribution in [2.75, 3.05) is 0 Å². The van der Waals surface area contributed by atoms with Crippen molar-refractivity contribution >= 4 is 0 Å². The van der Waals surface area contributed by atoms with Gasteiger partial charge in [-0.2, -0.15) is 0 Å². The van der Waals surface area contributed by atoms with Gasteiger partial charge in [0, 0.05) is 23.5 Å². The summed E-state index contributed by atoms with van der Waals surface area (Å²) in [7, 11) is 0. The molecule has 3 rings (SSSR count). The molecular weight excluding hydrogens is 270 g/mol. The Kier molecular flexibility index (Phi) is 4.91. The highest BCUT2D eigenvalue weighted by molar-refractivity contribution is 5.21. The van der Waals surface area contributed by atoms with Gasteiger partial charge in [0.1, 0.15) is 12.1 Å². The van der Waals surface area contributed by atoms with E-state index in [-0.39, 0.29) is 6.10 Å². The molecule has 0 aliphatic carbocycles. The molecule has 0 bridgehead atoms. The van der Waals surface area contributed by atoms with Gasteiger partial charge in [0.25, 0.3) is 0 Å². The second kappa shape index (κ2) is 7.08. The van der Waals surface area contributed by atoms with Crippen LogP contribution >= 0.6 is 0 Å². The first-order valence-corrected chi connectivity index (χ1v) is 8.42. The monoisotopic (exact) mass is 296 g/mol. The van der Waals surface area contributed by atoms with Crippen molar-refractivity contribution < 1.29 is 10.4 Å². The second-order valence-electron chi connectivity index (χ2n) is 6.40. The van der Waals surface area contributed by atoms with Crippen molar-refractivity contribution in [3.8, 4) is 0 Å². The van der Waals surface area contributed by atoms with Crippen LogP contribution in [-0.2, 0) is 0 Å². The summed E-state index contributed by atoms with van der Waals surface area (Å²) in [5.74, 6) is 0.340. The number of nitrogens with two attached hydrogens (primary N) is 1. The summed E-state index contributed by atoms with van der Waals surface area (Å²) in [4.78, 5) is 0. The average molecular weight is 296 g/mol. The van der Waals surface area contributed by atoms with Crippen molar-refractivity contribution in [3.63, 3.8) is 0 Å². The lowest BCUT2D eigenvalue weighted by Crippen LogP contribution is -2.90. The predicted octanol–water partition coefficient (Wildman–Crippen LogP) is 3.21.